The number of aromatic nitrogens is 3. The van der Waals surface area contributed by atoms with Crippen molar-refractivity contribution in [2.45, 2.75) is 6.92 Å². The number of rotatable bonds is 3. The molecule has 0 unspecified atom stereocenters. The third-order valence-corrected chi connectivity index (χ3v) is 3.60. The van der Waals surface area contributed by atoms with Crippen LogP contribution in [0.2, 0.25) is 0 Å². The van der Waals surface area contributed by atoms with Crippen LogP contribution in [0.3, 0.4) is 0 Å². The minimum Gasteiger partial charge on any atom is -0.504 e. The van der Waals surface area contributed by atoms with E-state index in [0.29, 0.717) is 22.8 Å². The standard InChI is InChI=1S/C15H12BrN3O3/c1-8-4-3-5-17-12(8)14-18-15(22-19-14)10-6-9(16)7-11(21-2)13(10)20/h3-7,20H,1-2H3. The number of nitrogens with zero attached hydrogens (tertiary/aromatic N) is 3. The first-order valence-corrected chi connectivity index (χ1v) is 7.22. The summed E-state index contributed by atoms with van der Waals surface area (Å²) in [5, 5.41) is 14.1. The Bertz CT molecular complexity index is 833. The Morgan fingerprint density at radius 1 is 1.32 bits per heavy atom. The van der Waals surface area contributed by atoms with Crippen LogP contribution in [0.4, 0.5) is 0 Å². The SMILES string of the molecule is COc1cc(Br)cc(-c2nc(-c3ncccc3C)no2)c1O. The summed E-state index contributed by atoms with van der Waals surface area (Å²) >= 11 is 3.36. The van der Waals surface area contributed by atoms with Crippen molar-refractivity contribution < 1.29 is 14.4 Å². The highest BCUT2D eigenvalue weighted by molar-refractivity contribution is 9.10. The molecular weight excluding hydrogens is 350 g/mol. The Balaban J connectivity index is 2.09. The third kappa shape index (κ3) is 2.55. The zero-order chi connectivity index (χ0) is 15.7. The van der Waals surface area contributed by atoms with Crippen LogP contribution >= 0.6 is 15.9 Å². The maximum atomic E-state index is 10.2. The molecule has 22 heavy (non-hydrogen) atoms. The molecule has 0 aliphatic heterocycles. The summed E-state index contributed by atoms with van der Waals surface area (Å²) in [4.78, 5) is 8.56. The van der Waals surface area contributed by atoms with Gasteiger partial charge in [0.05, 0.1) is 12.7 Å². The molecule has 3 rings (SSSR count). The van der Waals surface area contributed by atoms with Gasteiger partial charge in [0.25, 0.3) is 5.89 Å². The molecule has 0 amide bonds. The lowest BCUT2D eigenvalue weighted by Gasteiger charge is -2.06. The molecule has 1 aromatic carbocycles. The molecule has 0 bridgehead atoms. The van der Waals surface area contributed by atoms with Crippen LogP contribution in [0.25, 0.3) is 23.0 Å². The summed E-state index contributed by atoms with van der Waals surface area (Å²) in [6.45, 7) is 1.91. The van der Waals surface area contributed by atoms with Crippen LogP contribution in [-0.2, 0) is 0 Å². The van der Waals surface area contributed by atoms with Crippen molar-refractivity contribution in [1.29, 1.82) is 0 Å². The van der Waals surface area contributed by atoms with Crippen LogP contribution in [0.1, 0.15) is 5.56 Å². The number of phenols is 1. The smallest absolute Gasteiger partial charge is 0.262 e. The van der Waals surface area contributed by atoms with Gasteiger partial charge in [0.15, 0.2) is 11.5 Å². The largest absolute Gasteiger partial charge is 0.504 e. The second kappa shape index (κ2) is 5.76. The van der Waals surface area contributed by atoms with Crippen LogP contribution in [-0.4, -0.2) is 27.3 Å². The van der Waals surface area contributed by atoms with E-state index in [1.54, 1.807) is 18.3 Å². The van der Waals surface area contributed by atoms with E-state index in [0.717, 1.165) is 10.0 Å². The highest BCUT2D eigenvalue weighted by Gasteiger charge is 2.19. The highest BCUT2D eigenvalue weighted by atomic mass is 79.9. The molecule has 2 heterocycles. The van der Waals surface area contributed by atoms with E-state index in [9.17, 15) is 5.11 Å². The third-order valence-electron chi connectivity index (χ3n) is 3.14. The normalized spacial score (nSPS) is 10.7. The van der Waals surface area contributed by atoms with E-state index in [-0.39, 0.29) is 11.6 Å². The van der Waals surface area contributed by atoms with Gasteiger partial charge in [0.2, 0.25) is 5.82 Å². The number of hydrogen-bond donors (Lipinski definition) is 1. The summed E-state index contributed by atoms with van der Waals surface area (Å²) in [6.07, 6.45) is 1.66. The summed E-state index contributed by atoms with van der Waals surface area (Å²) in [5.41, 5.74) is 1.96. The van der Waals surface area contributed by atoms with Gasteiger partial charge in [-0.15, -0.1) is 0 Å². The number of hydrogen-bond acceptors (Lipinski definition) is 6. The Morgan fingerprint density at radius 3 is 2.86 bits per heavy atom. The predicted molar refractivity (Wildman–Crippen MR) is 83.6 cm³/mol. The lowest BCUT2D eigenvalue weighted by atomic mass is 10.2. The van der Waals surface area contributed by atoms with Crippen molar-refractivity contribution in [1.82, 2.24) is 15.1 Å². The monoisotopic (exact) mass is 361 g/mol. The first-order chi connectivity index (χ1) is 10.6. The summed E-state index contributed by atoms with van der Waals surface area (Å²) in [6, 6.07) is 7.09. The molecule has 0 aliphatic carbocycles. The quantitative estimate of drug-likeness (QED) is 0.767. The number of aromatic hydroxyl groups is 1. The summed E-state index contributed by atoms with van der Waals surface area (Å²) in [5.74, 6) is 0.820. The fraction of sp³-hybridized carbons (Fsp3) is 0.133. The highest BCUT2D eigenvalue weighted by Crippen LogP contribution is 2.39. The van der Waals surface area contributed by atoms with E-state index >= 15 is 0 Å². The molecule has 112 valence electrons. The van der Waals surface area contributed by atoms with E-state index in [1.165, 1.54) is 7.11 Å². The van der Waals surface area contributed by atoms with Crippen molar-refractivity contribution in [2.75, 3.05) is 7.11 Å². The maximum Gasteiger partial charge on any atom is 0.262 e. The number of methoxy groups -OCH3 is 1. The van der Waals surface area contributed by atoms with Crippen molar-refractivity contribution in [3.8, 4) is 34.5 Å². The van der Waals surface area contributed by atoms with Crippen molar-refractivity contribution in [2.24, 2.45) is 0 Å². The van der Waals surface area contributed by atoms with E-state index in [1.807, 2.05) is 19.1 Å². The van der Waals surface area contributed by atoms with E-state index in [4.69, 9.17) is 9.26 Å². The molecule has 0 spiro atoms. The Morgan fingerprint density at radius 2 is 2.14 bits per heavy atom. The van der Waals surface area contributed by atoms with Gasteiger partial charge in [-0.1, -0.05) is 27.2 Å². The topological polar surface area (TPSA) is 81.3 Å². The van der Waals surface area contributed by atoms with Gasteiger partial charge in [0.1, 0.15) is 5.69 Å². The van der Waals surface area contributed by atoms with Gasteiger partial charge in [-0.05, 0) is 30.7 Å². The van der Waals surface area contributed by atoms with Crippen LogP contribution in [0.15, 0.2) is 39.5 Å². The average molecular weight is 362 g/mol. The van der Waals surface area contributed by atoms with Crippen molar-refractivity contribution in [3.05, 3.63) is 40.5 Å². The Hall–Kier alpha value is -2.41. The number of aryl methyl sites for hydroxylation is 1. The van der Waals surface area contributed by atoms with Gasteiger partial charge in [0, 0.05) is 10.7 Å². The molecule has 2 aromatic heterocycles. The fourth-order valence-corrected chi connectivity index (χ4v) is 2.48. The van der Waals surface area contributed by atoms with E-state index < -0.39 is 0 Å². The molecule has 1 N–H and O–H groups in total. The van der Waals surface area contributed by atoms with Gasteiger partial charge < -0.3 is 14.4 Å². The minimum absolute atomic E-state index is 0.0568. The summed E-state index contributed by atoms with van der Waals surface area (Å²) in [7, 11) is 1.47. The number of pyridine rings is 1. The fourth-order valence-electron chi connectivity index (χ4n) is 2.04. The molecule has 0 saturated heterocycles. The summed E-state index contributed by atoms with van der Waals surface area (Å²) < 4.78 is 11.1. The van der Waals surface area contributed by atoms with Crippen molar-refractivity contribution in [3.63, 3.8) is 0 Å². The molecular formula is C15H12BrN3O3. The second-order valence-corrected chi connectivity index (χ2v) is 5.51. The Labute approximate surface area is 134 Å². The molecule has 0 aliphatic rings. The van der Waals surface area contributed by atoms with Crippen LogP contribution in [0, 0.1) is 6.92 Å². The molecule has 0 atom stereocenters. The minimum atomic E-state index is -0.0568. The van der Waals surface area contributed by atoms with Crippen LogP contribution < -0.4 is 4.74 Å². The average Bonchev–Trinajstić information content (AvgIpc) is 2.99. The van der Waals surface area contributed by atoms with E-state index in [2.05, 4.69) is 31.1 Å². The molecule has 7 heteroatoms. The van der Waals surface area contributed by atoms with Gasteiger partial charge in [-0.3, -0.25) is 4.98 Å². The maximum absolute atomic E-state index is 10.2. The molecule has 6 nitrogen and oxygen atoms in total. The number of ether oxygens (including phenoxy) is 1. The lowest BCUT2D eigenvalue weighted by Crippen LogP contribution is -1.90. The predicted octanol–water partition coefficient (Wildman–Crippen LogP) is 3.58. The van der Waals surface area contributed by atoms with Crippen molar-refractivity contribution >= 4 is 15.9 Å². The van der Waals surface area contributed by atoms with Crippen LogP contribution in [0.5, 0.6) is 11.5 Å². The number of phenolic OH excluding ortho intramolecular Hbond substituents is 1. The second-order valence-electron chi connectivity index (χ2n) is 4.60. The first kappa shape index (κ1) is 14.5. The zero-order valence-corrected chi connectivity index (χ0v) is 13.5. The van der Waals surface area contributed by atoms with Gasteiger partial charge >= 0.3 is 0 Å². The number of benzene rings is 1. The zero-order valence-electron chi connectivity index (χ0n) is 11.9. The first-order valence-electron chi connectivity index (χ1n) is 6.42. The molecule has 0 saturated carbocycles. The molecule has 3 aromatic rings. The Kier molecular flexibility index (Phi) is 3.81. The van der Waals surface area contributed by atoms with Gasteiger partial charge in [-0.25, -0.2) is 0 Å². The molecule has 0 fully saturated rings. The van der Waals surface area contributed by atoms with Gasteiger partial charge in [-0.2, -0.15) is 4.98 Å². The lowest BCUT2D eigenvalue weighted by molar-refractivity contribution is 0.371. The number of halogens is 1. The molecule has 0 radical (unpaired) electrons.